The Morgan fingerprint density at radius 3 is 2.88 bits per heavy atom. The van der Waals surface area contributed by atoms with E-state index < -0.39 is 6.10 Å². The lowest BCUT2D eigenvalue weighted by Gasteiger charge is -2.34. The Bertz CT molecular complexity index is 766. The lowest BCUT2D eigenvalue weighted by Crippen LogP contribution is -2.36. The molecular weight excluding hydrogens is 334 g/mol. The van der Waals surface area contributed by atoms with E-state index in [0.29, 0.717) is 49.4 Å². The van der Waals surface area contributed by atoms with Crippen molar-refractivity contribution < 1.29 is 14.6 Å². The van der Waals surface area contributed by atoms with Crippen molar-refractivity contribution in [1.82, 2.24) is 24.6 Å². The number of fused-ring (bicyclic) bond motifs is 1. The third-order valence-electron chi connectivity index (χ3n) is 5.46. The molecule has 4 rings (SSSR count). The first-order valence-corrected chi connectivity index (χ1v) is 9.06. The van der Waals surface area contributed by atoms with E-state index in [9.17, 15) is 9.90 Å². The van der Waals surface area contributed by atoms with Gasteiger partial charge in [0.2, 0.25) is 5.88 Å². The first kappa shape index (κ1) is 17.0. The summed E-state index contributed by atoms with van der Waals surface area (Å²) in [6.07, 6.45) is 5.77. The summed E-state index contributed by atoms with van der Waals surface area (Å²) < 4.78 is 7.24. The smallest absolute Gasteiger partial charge is 0.259 e. The molecule has 8 nitrogen and oxygen atoms in total. The van der Waals surface area contributed by atoms with Crippen LogP contribution in [0.5, 0.6) is 5.88 Å². The predicted octanol–water partition coefficient (Wildman–Crippen LogP) is 1.16. The van der Waals surface area contributed by atoms with Gasteiger partial charge in [0, 0.05) is 19.3 Å². The molecular formula is C18H23N5O3. The number of carbonyl (C=O) groups is 1. The molecule has 1 saturated carbocycles. The Morgan fingerprint density at radius 1 is 1.35 bits per heavy atom. The van der Waals surface area contributed by atoms with E-state index in [1.165, 1.54) is 6.33 Å². The van der Waals surface area contributed by atoms with Crippen LogP contribution in [0.1, 0.15) is 36.2 Å². The number of aliphatic hydroxyl groups excluding tert-OH is 1. The number of hydrogen-bond acceptors (Lipinski definition) is 6. The van der Waals surface area contributed by atoms with Crippen molar-refractivity contribution in [1.29, 1.82) is 0 Å². The van der Waals surface area contributed by atoms with Crippen LogP contribution in [-0.2, 0) is 0 Å². The summed E-state index contributed by atoms with van der Waals surface area (Å²) in [5.74, 6) is 0.989. The quantitative estimate of drug-likeness (QED) is 0.882. The molecule has 0 radical (unpaired) electrons. The Kier molecular flexibility index (Phi) is 4.58. The molecule has 0 spiro atoms. The van der Waals surface area contributed by atoms with E-state index in [-0.39, 0.29) is 11.9 Å². The second-order valence-electron chi connectivity index (χ2n) is 7.00. The largest absolute Gasteiger partial charge is 0.477 e. The van der Waals surface area contributed by atoms with Crippen LogP contribution in [0.15, 0.2) is 31.0 Å². The molecule has 1 saturated heterocycles. The van der Waals surface area contributed by atoms with Gasteiger partial charge in [-0.2, -0.15) is 5.10 Å². The monoisotopic (exact) mass is 357 g/mol. The summed E-state index contributed by atoms with van der Waals surface area (Å²) in [6, 6.07) is 3.44. The number of nitrogens with zero attached hydrogens (tertiary/aromatic N) is 5. The van der Waals surface area contributed by atoms with Gasteiger partial charge in [-0.15, -0.1) is 0 Å². The van der Waals surface area contributed by atoms with Crippen molar-refractivity contribution in [2.45, 2.75) is 31.9 Å². The summed E-state index contributed by atoms with van der Waals surface area (Å²) in [5.41, 5.74) is 0.501. The summed E-state index contributed by atoms with van der Waals surface area (Å²) in [7, 11) is 0. The first-order valence-electron chi connectivity index (χ1n) is 9.06. The summed E-state index contributed by atoms with van der Waals surface area (Å²) in [6.45, 7) is 3.68. The fourth-order valence-corrected chi connectivity index (χ4v) is 4.22. The van der Waals surface area contributed by atoms with Crippen LogP contribution in [0.3, 0.4) is 0 Å². The lowest BCUT2D eigenvalue weighted by molar-refractivity contribution is 0.0304. The molecule has 138 valence electrons. The normalized spacial score (nSPS) is 28.0. The van der Waals surface area contributed by atoms with E-state index in [4.69, 9.17) is 4.74 Å². The van der Waals surface area contributed by atoms with Crippen molar-refractivity contribution in [3.05, 3.63) is 36.5 Å². The topological polar surface area (TPSA) is 93.4 Å². The maximum absolute atomic E-state index is 13.0. The van der Waals surface area contributed by atoms with Crippen molar-refractivity contribution in [2.24, 2.45) is 11.8 Å². The van der Waals surface area contributed by atoms with Crippen LogP contribution in [0.25, 0.3) is 0 Å². The number of pyridine rings is 1. The van der Waals surface area contributed by atoms with Gasteiger partial charge in [0.15, 0.2) is 0 Å². The molecule has 0 unspecified atom stereocenters. The highest BCUT2D eigenvalue weighted by Crippen LogP contribution is 2.41. The minimum atomic E-state index is -0.467. The van der Waals surface area contributed by atoms with Crippen molar-refractivity contribution in [3.8, 4) is 5.88 Å². The number of carbonyl (C=O) groups excluding carboxylic acids is 1. The van der Waals surface area contributed by atoms with Gasteiger partial charge in [-0.3, -0.25) is 4.79 Å². The third kappa shape index (κ3) is 3.05. The van der Waals surface area contributed by atoms with Crippen LogP contribution >= 0.6 is 0 Å². The van der Waals surface area contributed by atoms with E-state index in [2.05, 4.69) is 15.1 Å². The van der Waals surface area contributed by atoms with Crippen LogP contribution < -0.4 is 4.74 Å². The minimum Gasteiger partial charge on any atom is -0.477 e. The van der Waals surface area contributed by atoms with Crippen molar-refractivity contribution >= 4 is 5.91 Å². The number of rotatable bonds is 4. The molecule has 0 aromatic carbocycles. The van der Waals surface area contributed by atoms with Crippen molar-refractivity contribution in [2.75, 3.05) is 19.7 Å². The highest BCUT2D eigenvalue weighted by Gasteiger charge is 2.44. The number of aliphatic hydroxyl groups is 1. The number of likely N-dealkylation sites (tertiary alicyclic amines) is 1. The number of aromatic nitrogens is 4. The minimum absolute atomic E-state index is 0.0530. The van der Waals surface area contributed by atoms with Gasteiger partial charge in [-0.1, -0.05) is 0 Å². The van der Waals surface area contributed by atoms with Gasteiger partial charge in [0.25, 0.3) is 5.91 Å². The molecule has 2 aromatic heterocycles. The van der Waals surface area contributed by atoms with Gasteiger partial charge >= 0.3 is 0 Å². The molecule has 1 aliphatic carbocycles. The Hall–Kier alpha value is -2.48. The molecule has 26 heavy (non-hydrogen) atoms. The lowest BCUT2D eigenvalue weighted by atomic mass is 9.77. The maximum atomic E-state index is 13.0. The zero-order valence-electron chi connectivity index (χ0n) is 14.7. The molecule has 2 fully saturated rings. The second-order valence-corrected chi connectivity index (χ2v) is 7.00. The summed E-state index contributed by atoms with van der Waals surface area (Å²) >= 11 is 0. The molecule has 2 aliphatic rings. The summed E-state index contributed by atoms with van der Waals surface area (Å²) in [5, 5.41) is 14.7. The highest BCUT2D eigenvalue weighted by atomic mass is 16.5. The Balaban J connectivity index is 1.49. The standard InChI is InChI=1S/C18H23N5O3/c1-2-26-17-14(4-3-5-20-17)18(25)22-8-12-6-15(23-11-19-10-21-23)16(24)7-13(12)9-22/h3-5,10-13,15-16,24H,2,6-9H2,1H3/t12-,13+,15-,16-/m1/s1. The first-order chi connectivity index (χ1) is 12.7. The molecule has 4 atom stereocenters. The van der Waals surface area contributed by atoms with E-state index in [1.54, 1.807) is 29.3 Å². The molecule has 2 aromatic rings. The number of hydrogen-bond donors (Lipinski definition) is 1. The fourth-order valence-electron chi connectivity index (χ4n) is 4.22. The zero-order valence-corrected chi connectivity index (χ0v) is 14.7. The molecule has 0 bridgehead atoms. The zero-order chi connectivity index (χ0) is 18.1. The maximum Gasteiger partial charge on any atom is 0.259 e. The van der Waals surface area contributed by atoms with Gasteiger partial charge in [-0.25, -0.2) is 14.6 Å². The van der Waals surface area contributed by atoms with E-state index in [1.807, 2.05) is 11.8 Å². The number of amides is 1. The van der Waals surface area contributed by atoms with Crippen molar-refractivity contribution in [3.63, 3.8) is 0 Å². The highest BCUT2D eigenvalue weighted by molar-refractivity contribution is 5.96. The fraction of sp³-hybridized carbons (Fsp3) is 0.556. The average molecular weight is 357 g/mol. The van der Waals surface area contributed by atoms with Crippen LogP contribution in [0.2, 0.25) is 0 Å². The van der Waals surface area contributed by atoms with Crippen LogP contribution in [0, 0.1) is 11.8 Å². The molecule has 1 N–H and O–H groups in total. The van der Waals surface area contributed by atoms with Gasteiger partial charge in [-0.05, 0) is 43.7 Å². The predicted molar refractivity (Wildman–Crippen MR) is 92.6 cm³/mol. The molecule has 3 heterocycles. The van der Waals surface area contributed by atoms with Gasteiger partial charge < -0.3 is 14.7 Å². The Labute approximate surface area is 151 Å². The van der Waals surface area contributed by atoms with Gasteiger partial charge in [0.1, 0.15) is 18.2 Å². The SMILES string of the molecule is CCOc1ncccc1C(=O)N1C[C@H]2C[C@@H](n3cncn3)[C@H](O)C[C@H]2C1. The van der Waals surface area contributed by atoms with E-state index >= 15 is 0 Å². The van der Waals surface area contributed by atoms with Crippen LogP contribution in [-0.4, -0.2) is 61.5 Å². The average Bonchev–Trinajstić information content (AvgIpc) is 3.30. The Morgan fingerprint density at radius 2 is 2.15 bits per heavy atom. The number of ether oxygens (including phenoxy) is 1. The molecule has 8 heteroatoms. The van der Waals surface area contributed by atoms with E-state index in [0.717, 1.165) is 6.42 Å². The third-order valence-corrected chi connectivity index (χ3v) is 5.46. The molecule has 1 amide bonds. The van der Waals surface area contributed by atoms with Crippen LogP contribution in [0.4, 0.5) is 0 Å². The second kappa shape index (κ2) is 7.03. The van der Waals surface area contributed by atoms with Gasteiger partial charge in [0.05, 0.1) is 18.8 Å². The summed E-state index contributed by atoms with van der Waals surface area (Å²) in [4.78, 5) is 23.0. The molecule has 1 aliphatic heterocycles.